The van der Waals surface area contributed by atoms with Gasteiger partial charge in [-0.3, -0.25) is 9.59 Å². The Morgan fingerprint density at radius 3 is 2.58 bits per heavy atom. The third kappa shape index (κ3) is 4.82. The third-order valence-electron chi connectivity index (χ3n) is 7.02. The van der Waals surface area contributed by atoms with Gasteiger partial charge in [-0.2, -0.15) is 0 Å². The molecule has 2 amide bonds. The summed E-state index contributed by atoms with van der Waals surface area (Å²) in [4.78, 5) is 28.5. The first-order valence-electron chi connectivity index (χ1n) is 12.3. The first kappa shape index (κ1) is 24.6. The number of hydrogen-bond acceptors (Lipinski definition) is 5. The predicted octanol–water partition coefficient (Wildman–Crippen LogP) is 4.18. The summed E-state index contributed by atoms with van der Waals surface area (Å²) in [6.45, 7) is 3.83. The van der Waals surface area contributed by atoms with Gasteiger partial charge in [-0.15, -0.1) is 0 Å². The van der Waals surface area contributed by atoms with Crippen LogP contribution in [0.4, 0.5) is 5.69 Å². The number of nitrogens with zero attached hydrogens (tertiary/aromatic N) is 2. The van der Waals surface area contributed by atoms with Crippen molar-refractivity contribution in [3.05, 3.63) is 40.4 Å². The van der Waals surface area contributed by atoms with Gasteiger partial charge in [0, 0.05) is 40.1 Å². The molecule has 0 aliphatic carbocycles. The van der Waals surface area contributed by atoms with Crippen LogP contribution in [-0.2, 0) is 22.6 Å². The summed E-state index contributed by atoms with van der Waals surface area (Å²) >= 11 is 3.57. The molecule has 2 N–H and O–H groups in total. The maximum absolute atomic E-state index is 13.1. The van der Waals surface area contributed by atoms with Crippen LogP contribution < -0.4 is 20.1 Å². The fraction of sp³-hybridized carbons (Fsp3) is 0.407. The molecule has 9 heteroatoms. The lowest BCUT2D eigenvalue weighted by Crippen LogP contribution is -2.38. The van der Waals surface area contributed by atoms with Crippen LogP contribution in [0.15, 0.2) is 34.8 Å². The molecular weight excluding hydrogens is 524 g/mol. The number of likely N-dealkylation sites (tertiary alicyclic amines) is 1. The van der Waals surface area contributed by atoms with Crippen LogP contribution in [0.25, 0.3) is 22.2 Å². The topological polar surface area (TPSA) is 84.8 Å². The van der Waals surface area contributed by atoms with E-state index >= 15 is 0 Å². The molecular formula is C27H31BrN4O4. The van der Waals surface area contributed by atoms with Crippen LogP contribution in [0.2, 0.25) is 0 Å². The molecule has 36 heavy (non-hydrogen) atoms. The lowest BCUT2D eigenvalue weighted by atomic mass is 10.0. The first-order valence-corrected chi connectivity index (χ1v) is 13.1. The van der Waals surface area contributed by atoms with E-state index in [2.05, 4.69) is 31.5 Å². The smallest absolute Gasteiger partial charge is 0.240 e. The molecule has 0 radical (unpaired) electrons. The fourth-order valence-corrected chi connectivity index (χ4v) is 5.68. The standard InChI is InChI=1S/C27H31BrN4O4/c1-35-23-13-20-21(15-24(23)36-2)30-25(33)14-19-18-12-17(28)6-7-22(18)32(27(19)20)16-26(34)29-8-11-31-9-4-3-5-10-31/h6-7,12-13,15H,3-5,8-11,14,16H2,1-2H3,(H,29,34)(H,30,33). The first-order chi connectivity index (χ1) is 17.5. The van der Waals surface area contributed by atoms with Crippen LogP contribution in [0, 0.1) is 0 Å². The molecule has 3 heterocycles. The van der Waals surface area contributed by atoms with Gasteiger partial charge in [0.15, 0.2) is 11.5 Å². The molecule has 2 aromatic carbocycles. The SMILES string of the molecule is COc1cc2c(cc1OC)-c1c(c3cc(Br)ccc3n1CC(=O)NCCN1CCCCC1)CC(=O)N2. The van der Waals surface area contributed by atoms with Gasteiger partial charge in [-0.05, 0) is 55.8 Å². The molecule has 1 saturated heterocycles. The number of carbonyl (C=O) groups excluding carboxylic acids is 2. The molecule has 5 rings (SSSR count). The van der Waals surface area contributed by atoms with E-state index in [4.69, 9.17) is 9.47 Å². The number of fused-ring (bicyclic) bond motifs is 5. The summed E-state index contributed by atoms with van der Waals surface area (Å²) in [5, 5.41) is 7.05. The van der Waals surface area contributed by atoms with Crippen LogP contribution in [0.5, 0.6) is 11.5 Å². The van der Waals surface area contributed by atoms with Crippen LogP contribution >= 0.6 is 15.9 Å². The molecule has 1 aromatic heterocycles. The Kier molecular flexibility index (Phi) is 7.20. The van der Waals surface area contributed by atoms with Crippen molar-refractivity contribution in [2.75, 3.05) is 45.7 Å². The number of rotatable bonds is 7. The van der Waals surface area contributed by atoms with Crippen molar-refractivity contribution >= 4 is 44.3 Å². The highest BCUT2D eigenvalue weighted by Gasteiger charge is 2.28. The van der Waals surface area contributed by atoms with Crippen LogP contribution in [0.3, 0.4) is 0 Å². The molecule has 8 nitrogen and oxygen atoms in total. The summed E-state index contributed by atoms with van der Waals surface area (Å²) in [6.07, 6.45) is 3.95. The van der Waals surface area contributed by atoms with Gasteiger partial charge in [0.2, 0.25) is 11.8 Å². The molecule has 190 valence electrons. The Morgan fingerprint density at radius 1 is 1.08 bits per heavy atom. The van der Waals surface area contributed by atoms with Gasteiger partial charge in [-0.1, -0.05) is 22.4 Å². The van der Waals surface area contributed by atoms with E-state index < -0.39 is 0 Å². The number of carbonyl (C=O) groups is 2. The number of ether oxygens (including phenoxy) is 2. The molecule has 0 saturated carbocycles. The number of hydrogen-bond donors (Lipinski definition) is 2. The molecule has 1 fully saturated rings. The minimum absolute atomic E-state index is 0.0554. The van der Waals surface area contributed by atoms with E-state index in [9.17, 15) is 9.59 Å². The van der Waals surface area contributed by atoms with Crippen molar-refractivity contribution < 1.29 is 19.1 Å². The molecule has 0 unspecified atom stereocenters. The second-order valence-corrected chi connectivity index (χ2v) is 10.2. The number of halogens is 1. The zero-order valence-electron chi connectivity index (χ0n) is 20.7. The number of benzene rings is 2. The Morgan fingerprint density at radius 2 is 1.83 bits per heavy atom. The monoisotopic (exact) mass is 554 g/mol. The largest absolute Gasteiger partial charge is 0.493 e. The van der Waals surface area contributed by atoms with Gasteiger partial charge in [-0.25, -0.2) is 0 Å². The van der Waals surface area contributed by atoms with E-state index in [0.717, 1.165) is 51.8 Å². The summed E-state index contributed by atoms with van der Waals surface area (Å²) in [5.41, 5.74) is 4.05. The van der Waals surface area contributed by atoms with Crippen LogP contribution in [0.1, 0.15) is 24.8 Å². The minimum Gasteiger partial charge on any atom is -0.493 e. The van der Waals surface area contributed by atoms with Crippen molar-refractivity contribution in [1.29, 1.82) is 0 Å². The van der Waals surface area contributed by atoms with Gasteiger partial charge in [0.25, 0.3) is 0 Å². The van der Waals surface area contributed by atoms with Gasteiger partial charge >= 0.3 is 0 Å². The molecule has 0 atom stereocenters. The van der Waals surface area contributed by atoms with Crippen molar-refractivity contribution in [3.63, 3.8) is 0 Å². The number of amides is 2. The molecule has 3 aromatic rings. The van der Waals surface area contributed by atoms with Crippen molar-refractivity contribution in [3.8, 4) is 22.8 Å². The Hall–Kier alpha value is -3.04. The maximum atomic E-state index is 13.1. The average molecular weight is 555 g/mol. The number of piperidine rings is 1. The quantitative estimate of drug-likeness (QED) is 0.457. The second-order valence-electron chi connectivity index (χ2n) is 9.30. The minimum atomic E-state index is -0.118. The van der Waals surface area contributed by atoms with E-state index in [1.807, 2.05) is 28.8 Å². The van der Waals surface area contributed by atoms with E-state index in [1.54, 1.807) is 20.3 Å². The predicted molar refractivity (Wildman–Crippen MR) is 144 cm³/mol. The van der Waals surface area contributed by atoms with Crippen molar-refractivity contribution in [1.82, 2.24) is 14.8 Å². The number of anilines is 1. The Bertz CT molecular complexity index is 1310. The zero-order chi connectivity index (χ0) is 25.2. The van der Waals surface area contributed by atoms with Gasteiger partial charge < -0.3 is 29.6 Å². The van der Waals surface area contributed by atoms with Gasteiger partial charge in [0.1, 0.15) is 6.54 Å². The van der Waals surface area contributed by atoms with Crippen molar-refractivity contribution in [2.45, 2.75) is 32.2 Å². The summed E-state index contributed by atoms with van der Waals surface area (Å²) in [6, 6.07) is 9.61. The van der Waals surface area contributed by atoms with E-state index in [-0.39, 0.29) is 24.8 Å². The molecule has 2 aliphatic rings. The highest BCUT2D eigenvalue weighted by molar-refractivity contribution is 9.10. The lowest BCUT2D eigenvalue weighted by molar-refractivity contribution is -0.121. The molecule has 0 bridgehead atoms. The van der Waals surface area contributed by atoms with E-state index in [0.29, 0.717) is 23.7 Å². The number of nitrogens with one attached hydrogen (secondary N) is 2. The van der Waals surface area contributed by atoms with Crippen molar-refractivity contribution in [2.24, 2.45) is 0 Å². The summed E-state index contributed by atoms with van der Waals surface area (Å²) in [5.74, 6) is 0.913. The summed E-state index contributed by atoms with van der Waals surface area (Å²) < 4.78 is 14.0. The average Bonchev–Trinajstić information content (AvgIpc) is 3.06. The van der Waals surface area contributed by atoms with E-state index in [1.165, 1.54) is 19.3 Å². The normalized spacial score (nSPS) is 15.6. The zero-order valence-corrected chi connectivity index (χ0v) is 22.2. The lowest BCUT2D eigenvalue weighted by Gasteiger charge is -2.26. The maximum Gasteiger partial charge on any atom is 0.240 e. The van der Waals surface area contributed by atoms with Gasteiger partial charge in [0.05, 0.1) is 32.0 Å². The Labute approximate surface area is 219 Å². The molecule has 2 aliphatic heterocycles. The van der Waals surface area contributed by atoms with Crippen LogP contribution in [-0.4, -0.2) is 61.7 Å². The number of methoxy groups -OCH3 is 2. The summed E-state index contributed by atoms with van der Waals surface area (Å²) in [7, 11) is 3.15. The third-order valence-corrected chi connectivity index (χ3v) is 7.51. The highest BCUT2D eigenvalue weighted by Crippen LogP contribution is 2.45. The molecule has 0 spiro atoms. The highest BCUT2D eigenvalue weighted by atomic mass is 79.9. The second kappa shape index (κ2) is 10.5. The Balaban J connectivity index is 1.54. The fourth-order valence-electron chi connectivity index (χ4n) is 5.32. The number of aromatic nitrogens is 1.